The van der Waals surface area contributed by atoms with Crippen LogP contribution in [0.25, 0.3) is 11.2 Å². The molecule has 0 amide bonds. The number of rotatable bonds is 2. The molecule has 3 rings (SSSR count). The first-order chi connectivity index (χ1) is 8.72. The molecule has 4 atom stereocenters. The highest BCUT2D eigenvalue weighted by atomic mass is 16.6. The molecule has 3 N–H and O–H groups in total. The van der Waals surface area contributed by atoms with E-state index in [1.54, 1.807) is 6.20 Å². The molecule has 2 aromatic rings. The smallest absolute Gasteiger partial charge is 0.165 e. The Morgan fingerprint density at radius 3 is 2.83 bits per heavy atom. The Hall–Kier alpha value is -1.61. The van der Waals surface area contributed by atoms with E-state index in [0.717, 1.165) is 0 Å². The molecule has 8 heteroatoms. The fourth-order valence-electron chi connectivity index (χ4n) is 2.08. The second-order valence-electron chi connectivity index (χ2n) is 4.11. The van der Waals surface area contributed by atoms with Crippen LogP contribution in [0.4, 0.5) is 0 Å². The van der Waals surface area contributed by atoms with Crippen LogP contribution in [0.1, 0.15) is 6.23 Å². The average molecular weight is 252 g/mol. The Bertz CT molecular complexity index is 560. The maximum atomic E-state index is 9.91. The quantitative estimate of drug-likeness (QED) is 0.592. The summed E-state index contributed by atoms with van der Waals surface area (Å²) in [5.74, 6) is 0. The lowest BCUT2D eigenvalue weighted by Gasteiger charge is -2.16. The SMILES string of the molecule is OC[C@@H]1O[C@H](n2cnc3cncnc32)[C@H](O)[C@H]1O. The van der Waals surface area contributed by atoms with Crippen LogP contribution in [0.5, 0.6) is 0 Å². The van der Waals surface area contributed by atoms with E-state index in [1.807, 2.05) is 0 Å². The number of hydrogen-bond acceptors (Lipinski definition) is 7. The van der Waals surface area contributed by atoms with E-state index in [1.165, 1.54) is 17.2 Å². The summed E-state index contributed by atoms with van der Waals surface area (Å²) in [6, 6.07) is 0. The Kier molecular flexibility index (Phi) is 2.71. The predicted octanol–water partition coefficient (Wildman–Crippen LogP) is -1.56. The van der Waals surface area contributed by atoms with Gasteiger partial charge in [0.25, 0.3) is 0 Å². The van der Waals surface area contributed by atoms with Gasteiger partial charge in [-0.05, 0) is 0 Å². The molecule has 18 heavy (non-hydrogen) atoms. The van der Waals surface area contributed by atoms with E-state index in [-0.39, 0.29) is 6.61 Å². The van der Waals surface area contributed by atoms with Crippen molar-refractivity contribution in [3.63, 3.8) is 0 Å². The Morgan fingerprint density at radius 1 is 1.28 bits per heavy atom. The Morgan fingerprint density at radius 2 is 2.11 bits per heavy atom. The molecular weight excluding hydrogens is 240 g/mol. The maximum Gasteiger partial charge on any atom is 0.165 e. The highest BCUT2D eigenvalue weighted by Gasteiger charge is 2.43. The van der Waals surface area contributed by atoms with Crippen molar-refractivity contribution in [2.24, 2.45) is 0 Å². The van der Waals surface area contributed by atoms with E-state index in [0.29, 0.717) is 11.2 Å². The summed E-state index contributed by atoms with van der Waals surface area (Å²) in [6.45, 7) is -0.365. The van der Waals surface area contributed by atoms with Gasteiger partial charge in [-0.1, -0.05) is 0 Å². The van der Waals surface area contributed by atoms with Gasteiger partial charge in [0.15, 0.2) is 11.9 Å². The lowest BCUT2D eigenvalue weighted by atomic mass is 10.1. The van der Waals surface area contributed by atoms with Gasteiger partial charge in [-0.3, -0.25) is 4.57 Å². The monoisotopic (exact) mass is 252 g/mol. The van der Waals surface area contributed by atoms with Crippen molar-refractivity contribution < 1.29 is 20.1 Å². The predicted molar refractivity (Wildman–Crippen MR) is 58.3 cm³/mol. The number of aliphatic hydroxyl groups excluding tert-OH is 3. The first-order valence-electron chi connectivity index (χ1n) is 5.47. The van der Waals surface area contributed by atoms with Crippen molar-refractivity contribution in [1.82, 2.24) is 19.5 Å². The van der Waals surface area contributed by atoms with Gasteiger partial charge in [0.1, 0.15) is 30.2 Å². The zero-order valence-corrected chi connectivity index (χ0v) is 9.29. The lowest BCUT2D eigenvalue weighted by Crippen LogP contribution is -2.33. The van der Waals surface area contributed by atoms with Gasteiger partial charge in [-0.25, -0.2) is 15.0 Å². The molecule has 0 spiro atoms. The zero-order valence-electron chi connectivity index (χ0n) is 9.29. The first kappa shape index (κ1) is 11.5. The highest BCUT2D eigenvalue weighted by Crippen LogP contribution is 2.30. The van der Waals surface area contributed by atoms with Crippen molar-refractivity contribution in [3.05, 3.63) is 18.9 Å². The van der Waals surface area contributed by atoms with Crippen LogP contribution in [-0.2, 0) is 4.74 Å². The van der Waals surface area contributed by atoms with E-state index in [4.69, 9.17) is 9.84 Å². The van der Waals surface area contributed by atoms with Crippen molar-refractivity contribution in [2.75, 3.05) is 6.61 Å². The number of aliphatic hydroxyl groups is 3. The molecule has 0 saturated carbocycles. The summed E-state index contributed by atoms with van der Waals surface area (Å²) in [7, 11) is 0. The molecule has 8 nitrogen and oxygen atoms in total. The molecule has 0 unspecified atom stereocenters. The number of hydrogen-bond donors (Lipinski definition) is 3. The second kappa shape index (κ2) is 4.25. The number of fused-ring (bicyclic) bond motifs is 1. The summed E-state index contributed by atoms with van der Waals surface area (Å²) >= 11 is 0. The summed E-state index contributed by atoms with van der Waals surface area (Å²) in [4.78, 5) is 12.0. The third kappa shape index (κ3) is 1.58. The van der Waals surface area contributed by atoms with Crippen LogP contribution in [0.3, 0.4) is 0 Å². The van der Waals surface area contributed by atoms with E-state index < -0.39 is 24.5 Å². The molecule has 2 aromatic heterocycles. The van der Waals surface area contributed by atoms with Crippen LogP contribution in [-0.4, -0.2) is 59.8 Å². The van der Waals surface area contributed by atoms with E-state index >= 15 is 0 Å². The minimum absolute atomic E-state index is 0.365. The number of imidazole rings is 1. The molecule has 1 saturated heterocycles. The molecule has 1 aliphatic heterocycles. The number of nitrogens with zero attached hydrogens (tertiary/aromatic N) is 4. The Balaban J connectivity index is 2.00. The van der Waals surface area contributed by atoms with Crippen LogP contribution in [0.2, 0.25) is 0 Å². The van der Waals surface area contributed by atoms with Gasteiger partial charge in [-0.15, -0.1) is 0 Å². The van der Waals surface area contributed by atoms with Crippen LogP contribution in [0, 0.1) is 0 Å². The standard InChI is InChI=1S/C10H12N4O4/c15-2-6-7(16)8(17)10(18-6)14-4-13-5-1-11-3-12-9(5)14/h1,3-4,6-8,10,15-17H,2H2/t6-,7-,8+,10-/m0/s1. The lowest BCUT2D eigenvalue weighted by molar-refractivity contribution is -0.0511. The van der Waals surface area contributed by atoms with Crippen molar-refractivity contribution >= 4 is 11.2 Å². The van der Waals surface area contributed by atoms with Gasteiger partial charge >= 0.3 is 0 Å². The summed E-state index contributed by atoms with van der Waals surface area (Å²) < 4.78 is 6.91. The van der Waals surface area contributed by atoms with Gasteiger partial charge < -0.3 is 20.1 Å². The molecule has 3 heterocycles. The maximum absolute atomic E-state index is 9.91. The minimum atomic E-state index is -1.14. The summed E-state index contributed by atoms with van der Waals surface area (Å²) in [5, 5.41) is 28.6. The van der Waals surface area contributed by atoms with Gasteiger partial charge in [0, 0.05) is 0 Å². The zero-order chi connectivity index (χ0) is 12.7. The molecule has 0 bridgehead atoms. The van der Waals surface area contributed by atoms with Crippen molar-refractivity contribution in [3.8, 4) is 0 Å². The van der Waals surface area contributed by atoms with Crippen molar-refractivity contribution in [1.29, 1.82) is 0 Å². The first-order valence-corrected chi connectivity index (χ1v) is 5.47. The third-order valence-corrected chi connectivity index (χ3v) is 3.03. The molecule has 0 radical (unpaired) electrons. The minimum Gasteiger partial charge on any atom is -0.394 e. The molecule has 1 fully saturated rings. The third-order valence-electron chi connectivity index (χ3n) is 3.03. The normalized spacial score (nSPS) is 32.2. The fourth-order valence-corrected chi connectivity index (χ4v) is 2.08. The topological polar surface area (TPSA) is 114 Å². The average Bonchev–Trinajstić information content (AvgIpc) is 2.93. The van der Waals surface area contributed by atoms with Crippen LogP contribution in [0.15, 0.2) is 18.9 Å². The van der Waals surface area contributed by atoms with Gasteiger partial charge in [0.2, 0.25) is 0 Å². The number of aromatic nitrogens is 4. The largest absolute Gasteiger partial charge is 0.394 e. The van der Waals surface area contributed by atoms with Crippen LogP contribution < -0.4 is 0 Å². The van der Waals surface area contributed by atoms with E-state index in [9.17, 15) is 10.2 Å². The molecule has 0 aliphatic carbocycles. The van der Waals surface area contributed by atoms with E-state index in [2.05, 4.69) is 15.0 Å². The summed E-state index contributed by atoms with van der Waals surface area (Å²) in [5.41, 5.74) is 1.06. The van der Waals surface area contributed by atoms with Gasteiger partial charge in [0.05, 0.1) is 19.1 Å². The Labute approximate surface area is 102 Å². The fraction of sp³-hybridized carbons (Fsp3) is 0.500. The highest BCUT2D eigenvalue weighted by molar-refractivity contribution is 5.68. The summed E-state index contributed by atoms with van der Waals surface area (Å²) in [6.07, 6.45) is 0.442. The van der Waals surface area contributed by atoms with Crippen LogP contribution >= 0.6 is 0 Å². The molecule has 96 valence electrons. The van der Waals surface area contributed by atoms with Gasteiger partial charge in [-0.2, -0.15) is 0 Å². The molecule has 1 aliphatic rings. The number of ether oxygens (including phenoxy) is 1. The van der Waals surface area contributed by atoms with Crippen molar-refractivity contribution in [2.45, 2.75) is 24.5 Å². The molecular formula is C10H12N4O4. The second-order valence-corrected chi connectivity index (χ2v) is 4.11. The molecule has 0 aromatic carbocycles.